The molecular formula is C13H23N3O. The fraction of sp³-hybridized carbons (Fsp3) is 0.615. The first kappa shape index (κ1) is 14.1. The Labute approximate surface area is 104 Å². The molecule has 0 aliphatic carbocycles. The van der Waals surface area contributed by atoms with E-state index in [1.807, 2.05) is 25.3 Å². The molecule has 0 fully saturated rings. The first-order chi connectivity index (χ1) is 8.31. The lowest BCUT2D eigenvalue weighted by molar-refractivity contribution is 0.112. The van der Waals surface area contributed by atoms with E-state index in [0.717, 1.165) is 44.1 Å². The highest BCUT2D eigenvalue weighted by Gasteiger charge is 2.07. The monoisotopic (exact) mass is 237 g/mol. The van der Waals surface area contributed by atoms with Gasteiger partial charge in [-0.3, -0.25) is 9.88 Å². The summed E-state index contributed by atoms with van der Waals surface area (Å²) in [6.45, 7) is 9.03. The van der Waals surface area contributed by atoms with Crippen LogP contribution in [0.15, 0.2) is 18.3 Å². The van der Waals surface area contributed by atoms with Gasteiger partial charge in [-0.15, -0.1) is 0 Å². The van der Waals surface area contributed by atoms with Crippen molar-refractivity contribution in [3.63, 3.8) is 0 Å². The molecule has 4 heteroatoms. The van der Waals surface area contributed by atoms with Gasteiger partial charge in [0.2, 0.25) is 0 Å². The fourth-order valence-corrected chi connectivity index (χ4v) is 1.70. The number of rotatable bonds is 8. The van der Waals surface area contributed by atoms with Crippen LogP contribution in [0, 0.1) is 0 Å². The molecule has 1 heterocycles. The number of nitrogens with two attached hydrogens (primary N) is 1. The van der Waals surface area contributed by atoms with Gasteiger partial charge in [0.15, 0.2) is 0 Å². The second-order valence-corrected chi connectivity index (χ2v) is 3.88. The molecule has 0 spiro atoms. The van der Waals surface area contributed by atoms with Crippen LogP contribution < -0.4 is 5.73 Å². The molecule has 0 aliphatic heterocycles. The van der Waals surface area contributed by atoms with Gasteiger partial charge in [0.25, 0.3) is 0 Å². The van der Waals surface area contributed by atoms with E-state index in [-0.39, 0.29) is 0 Å². The molecule has 2 N–H and O–H groups in total. The Hall–Kier alpha value is -0.970. The predicted molar refractivity (Wildman–Crippen MR) is 69.6 cm³/mol. The van der Waals surface area contributed by atoms with E-state index in [2.05, 4.69) is 16.8 Å². The Balaban J connectivity index is 2.54. The maximum atomic E-state index is 5.71. The highest BCUT2D eigenvalue weighted by Crippen LogP contribution is 2.07. The molecule has 1 rings (SSSR count). The van der Waals surface area contributed by atoms with E-state index in [1.54, 1.807) is 0 Å². The molecule has 0 aliphatic rings. The number of ether oxygens (including phenoxy) is 1. The van der Waals surface area contributed by atoms with Crippen molar-refractivity contribution in [1.82, 2.24) is 9.88 Å². The molecule has 0 bridgehead atoms. The van der Waals surface area contributed by atoms with E-state index in [0.29, 0.717) is 6.54 Å². The van der Waals surface area contributed by atoms with Crippen LogP contribution in [-0.4, -0.2) is 36.2 Å². The van der Waals surface area contributed by atoms with Gasteiger partial charge in [-0.2, -0.15) is 0 Å². The molecule has 0 atom stereocenters. The number of hydrogen-bond donors (Lipinski definition) is 1. The van der Waals surface area contributed by atoms with Gasteiger partial charge in [-0.25, -0.2) is 0 Å². The van der Waals surface area contributed by atoms with Crippen molar-refractivity contribution in [2.45, 2.75) is 26.9 Å². The normalized spacial score (nSPS) is 11.1. The minimum atomic E-state index is 0.548. The highest BCUT2D eigenvalue weighted by molar-refractivity contribution is 5.19. The van der Waals surface area contributed by atoms with Gasteiger partial charge in [0, 0.05) is 32.4 Å². The summed E-state index contributed by atoms with van der Waals surface area (Å²) in [7, 11) is 0. The van der Waals surface area contributed by atoms with Gasteiger partial charge >= 0.3 is 0 Å². The van der Waals surface area contributed by atoms with Gasteiger partial charge in [0.05, 0.1) is 12.3 Å². The standard InChI is InChI=1S/C13H23N3O/c1-3-16(8-9-17-4-2)11-13-12(10-14)6-5-7-15-13/h5-7H,3-4,8-11,14H2,1-2H3. The van der Waals surface area contributed by atoms with E-state index in [9.17, 15) is 0 Å². The Bertz CT molecular complexity index is 317. The number of likely N-dealkylation sites (N-methyl/N-ethyl adjacent to an activating group) is 1. The maximum absolute atomic E-state index is 5.71. The Morgan fingerprint density at radius 1 is 1.41 bits per heavy atom. The smallest absolute Gasteiger partial charge is 0.0593 e. The minimum absolute atomic E-state index is 0.548. The lowest BCUT2D eigenvalue weighted by atomic mass is 10.2. The first-order valence-electron chi connectivity index (χ1n) is 6.24. The molecule has 96 valence electrons. The van der Waals surface area contributed by atoms with Crippen LogP contribution in [0.5, 0.6) is 0 Å². The number of hydrogen-bond acceptors (Lipinski definition) is 4. The van der Waals surface area contributed by atoms with Crippen LogP contribution in [-0.2, 0) is 17.8 Å². The summed E-state index contributed by atoms with van der Waals surface area (Å²) in [6.07, 6.45) is 1.82. The average Bonchev–Trinajstić information content (AvgIpc) is 2.38. The van der Waals surface area contributed by atoms with Crippen molar-refractivity contribution < 1.29 is 4.74 Å². The Kier molecular flexibility index (Phi) is 6.77. The SMILES string of the molecule is CCOCCN(CC)Cc1ncccc1CN. The molecule has 0 radical (unpaired) electrons. The number of nitrogens with zero attached hydrogens (tertiary/aromatic N) is 2. The van der Waals surface area contributed by atoms with E-state index in [4.69, 9.17) is 10.5 Å². The second-order valence-electron chi connectivity index (χ2n) is 3.88. The lowest BCUT2D eigenvalue weighted by Crippen LogP contribution is -2.28. The molecule has 1 aromatic rings. The van der Waals surface area contributed by atoms with Crippen LogP contribution in [0.1, 0.15) is 25.1 Å². The maximum Gasteiger partial charge on any atom is 0.0593 e. The van der Waals surface area contributed by atoms with Crippen molar-refractivity contribution in [1.29, 1.82) is 0 Å². The zero-order valence-corrected chi connectivity index (χ0v) is 10.9. The van der Waals surface area contributed by atoms with Crippen molar-refractivity contribution >= 4 is 0 Å². The molecule has 0 unspecified atom stereocenters. The highest BCUT2D eigenvalue weighted by atomic mass is 16.5. The molecule has 0 amide bonds. The zero-order valence-electron chi connectivity index (χ0n) is 10.9. The molecule has 4 nitrogen and oxygen atoms in total. The first-order valence-corrected chi connectivity index (χ1v) is 6.24. The van der Waals surface area contributed by atoms with Crippen molar-refractivity contribution in [3.8, 4) is 0 Å². The quantitative estimate of drug-likeness (QED) is 0.694. The summed E-state index contributed by atoms with van der Waals surface area (Å²) in [5.41, 5.74) is 7.91. The molecule has 0 saturated heterocycles. The van der Waals surface area contributed by atoms with Crippen LogP contribution in [0.2, 0.25) is 0 Å². The van der Waals surface area contributed by atoms with Gasteiger partial charge in [-0.1, -0.05) is 13.0 Å². The largest absolute Gasteiger partial charge is 0.380 e. The van der Waals surface area contributed by atoms with Gasteiger partial charge < -0.3 is 10.5 Å². The predicted octanol–water partition coefficient (Wildman–Crippen LogP) is 1.40. The Morgan fingerprint density at radius 2 is 2.24 bits per heavy atom. The van der Waals surface area contributed by atoms with Gasteiger partial charge in [-0.05, 0) is 25.1 Å². The van der Waals surface area contributed by atoms with E-state index in [1.165, 1.54) is 0 Å². The number of aromatic nitrogens is 1. The molecular weight excluding hydrogens is 214 g/mol. The molecule has 0 aromatic carbocycles. The summed E-state index contributed by atoms with van der Waals surface area (Å²) in [4.78, 5) is 6.72. The molecule has 1 aromatic heterocycles. The Morgan fingerprint density at radius 3 is 2.88 bits per heavy atom. The third-order valence-electron chi connectivity index (χ3n) is 2.78. The average molecular weight is 237 g/mol. The second kappa shape index (κ2) is 8.17. The van der Waals surface area contributed by atoms with Crippen LogP contribution in [0.4, 0.5) is 0 Å². The molecule has 17 heavy (non-hydrogen) atoms. The summed E-state index contributed by atoms with van der Waals surface area (Å²) in [5, 5.41) is 0. The zero-order chi connectivity index (χ0) is 12.5. The summed E-state index contributed by atoms with van der Waals surface area (Å²) in [5.74, 6) is 0. The molecule has 0 saturated carbocycles. The summed E-state index contributed by atoms with van der Waals surface area (Å²) in [6, 6.07) is 3.97. The van der Waals surface area contributed by atoms with Crippen LogP contribution in [0.3, 0.4) is 0 Å². The van der Waals surface area contributed by atoms with E-state index < -0.39 is 0 Å². The van der Waals surface area contributed by atoms with Crippen LogP contribution >= 0.6 is 0 Å². The lowest BCUT2D eigenvalue weighted by Gasteiger charge is -2.20. The van der Waals surface area contributed by atoms with Crippen molar-refractivity contribution in [2.24, 2.45) is 5.73 Å². The van der Waals surface area contributed by atoms with Gasteiger partial charge in [0.1, 0.15) is 0 Å². The van der Waals surface area contributed by atoms with Crippen molar-refractivity contribution in [3.05, 3.63) is 29.6 Å². The number of pyridine rings is 1. The van der Waals surface area contributed by atoms with Crippen LogP contribution in [0.25, 0.3) is 0 Å². The third-order valence-corrected chi connectivity index (χ3v) is 2.78. The van der Waals surface area contributed by atoms with E-state index >= 15 is 0 Å². The summed E-state index contributed by atoms with van der Waals surface area (Å²) >= 11 is 0. The van der Waals surface area contributed by atoms with Crippen molar-refractivity contribution in [2.75, 3.05) is 26.3 Å². The third kappa shape index (κ3) is 4.81. The summed E-state index contributed by atoms with van der Waals surface area (Å²) < 4.78 is 5.37. The topological polar surface area (TPSA) is 51.4 Å². The fourth-order valence-electron chi connectivity index (χ4n) is 1.70. The minimum Gasteiger partial charge on any atom is -0.380 e.